The van der Waals surface area contributed by atoms with Gasteiger partial charge >= 0.3 is 0 Å². The Bertz CT molecular complexity index is 752. The molecule has 0 spiro atoms. The van der Waals surface area contributed by atoms with Crippen molar-refractivity contribution in [3.8, 4) is 23.1 Å². The number of aromatic nitrogens is 2. The third-order valence-corrected chi connectivity index (χ3v) is 3.83. The van der Waals surface area contributed by atoms with E-state index in [4.69, 9.17) is 10.00 Å². The largest absolute Gasteiger partial charge is 0.496 e. The summed E-state index contributed by atoms with van der Waals surface area (Å²) in [5, 5.41) is 9.61. The van der Waals surface area contributed by atoms with Gasteiger partial charge in [-0.1, -0.05) is 11.8 Å². The van der Waals surface area contributed by atoms with Gasteiger partial charge in [-0.3, -0.25) is 4.79 Å². The zero-order chi connectivity index (χ0) is 14.7. The van der Waals surface area contributed by atoms with Crippen LogP contribution in [0.15, 0.2) is 32.6 Å². The number of thioether (sulfide) groups is 1. The second-order valence-corrected chi connectivity index (χ2v) is 5.41. The fraction of sp³-hybridized carbons (Fsp3) is 0.154. The second kappa shape index (κ2) is 6.11. The molecule has 0 aliphatic carbocycles. The van der Waals surface area contributed by atoms with Gasteiger partial charge in [-0.15, -0.1) is 0 Å². The van der Waals surface area contributed by atoms with Gasteiger partial charge < -0.3 is 9.72 Å². The van der Waals surface area contributed by atoms with Gasteiger partial charge in [0.15, 0.2) is 5.16 Å². The maximum absolute atomic E-state index is 11.9. The van der Waals surface area contributed by atoms with Crippen molar-refractivity contribution in [2.24, 2.45) is 0 Å². The van der Waals surface area contributed by atoms with Gasteiger partial charge in [-0.25, -0.2) is 4.98 Å². The Morgan fingerprint density at radius 3 is 2.80 bits per heavy atom. The van der Waals surface area contributed by atoms with Gasteiger partial charge in [0.2, 0.25) is 0 Å². The highest BCUT2D eigenvalue weighted by Gasteiger charge is 2.14. The topological polar surface area (TPSA) is 78.8 Å². The Balaban J connectivity index is 2.68. The summed E-state index contributed by atoms with van der Waals surface area (Å²) in [5.41, 5.74) is 0.605. The van der Waals surface area contributed by atoms with Crippen molar-refractivity contribution in [3.05, 3.63) is 38.6 Å². The smallest absolute Gasteiger partial charge is 0.270 e. The number of hydrogen-bond acceptors (Lipinski definition) is 5. The molecular formula is C13H10BrN3O2S. The first-order valence-corrected chi connectivity index (χ1v) is 7.54. The lowest BCUT2D eigenvalue weighted by Gasteiger charge is -2.08. The van der Waals surface area contributed by atoms with Gasteiger partial charge in [-0.2, -0.15) is 5.26 Å². The quantitative estimate of drug-likeness (QED) is 0.679. The van der Waals surface area contributed by atoms with E-state index in [1.807, 2.05) is 6.07 Å². The molecule has 0 aliphatic heterocycles. The van der Waals surface area contributed by atoms with E-state index in [2.05, 4.69) is 25.9 Å². The lowest BCUT2D eigenvalue weighted by molar-refractivity contribution is 0.412. The molecule has 0 amide bonds. The van der Waals surface area contributed by atoms with Crippen molar-refractivity contribution in [1.29, 1.82) is 5.26 Å². The first-order valence-electron chi connectivity index (χ1n) is 5.53. The fourth-order valence-corrected chi connectivity index (χ4v) is 2.59. The molecule has 1 aromatic carbocycles. The summed E-state index contributed by atoms with van der Waals surface area (Å²) in [6.07, 6.45) is 1.80. The SMILES string of the molecule is COc1ccc(-c2nc(SC)[nH]c(=O)c2C#N)cc1Br. The van der Waals surface area contributed by atoms with Crippen LogP contribution in [0, 0.1) is 11.3 Å². The van der Waals surface area contributed by atoms with E-state index >= 15 is 0 Å². The zero-order valence-electron chi connectivity index (χ0n) is 10.7. The Kier molecular flexibility index (Phi) is 4.47. The van der Waals surface area contributed by atoms with Crippen LogP contribution in [-0.4, -0.2) is 23.3 Å². The predicted octanol–water partition coefficient (Wildman–Crippen LogP) is 2.80. The monoisotopic (exact) mass is 351 g/mol. The highest BCUT2D eigenvalue weighted by molar-refractivity contribution is 9.10. The Morgan fingerprint density at radius 1 is 1.50 bits per heavy atom. The van der Waals surface area contributed by atoms with Crippen LogP contribution in [0.3, 0.4) is 0 Å². The number of halogens is 1. The highest BCUT2D eigenvalue weighted by atomic mass is 79.9. The molecule has 0 radical (unpaired) electrons. The van der Waals surface area contributed by atoms with E-state index in [1.54, 1.807) is 31.6 Å². The average Bonchev–Trinajstić information content (AvgIpc) is 2.46. The van der Waals surface area contributed by atoms with Crippen LogP contribution in [0.4, 0.5) is 0 Å². The van der Waals surface area contributed by atoms with E-state index in [9.17, 15) is 4.79 Å². The average molecular weight is 352 g/mol. The number of methoxy groups -OCH3 is 1. The molecular weight excluding hydrogens is 342 g/mol. The lowest BCUT2D eigenvalue weighted by Crippen LogP contribution is -2.14. The second-order valence-electron chi connectivity index (χ2n) is 3.76. The van der Waals surface area contributed by atoms with Crippen molar-refractivity contribution < 1.29 is 4.74 Å². The Labute approximate surface area is 128 Å². The minimum Gasteiger partial charge on any atom is -0.496 e. The number of benzene rings is 1. The van der Waals surface area contributed by atoms with Gasteiger partial charge in [0.05, 0.1) is 17.3 Å². The summed E-state index contributed by atoms with van der Waals surface area (Å²) in [6.45, 7) is 0. The number of nitrogens with one attached hydrogen (secondary N) is 1. The fourth-order valence-electron chi connectivity index (χ4n) is 1.68. The van der Waals surface area contributed by atoms with Crippen LogP contribution in [0.1, 0.15) is 5.56 Å². The molecule has 1 heterocycles. The molecule has 102 valence electrons. The van der Waals surface area contributed by atoms with E-state index in [1.165, 1.54) is 11.8 Å². The number of H-pyrrole nitrogens is 1. The first kappa shape index (κ1) is 14.6. The summed E-state index contributed by atoms with van der Waals surface area (Å²) in [5.74, 6) is 0.669. The minimum absolute atomic E-state index is 0.000123. The zero-order valence-corrected chi connectivity index (χ0v) is 13.1. The van der Waals surface area contributed by atoms with Crippen molar-refractivity contribution in [3.63, 3.8) is 0 Å². The molecule has 0 saturated carbocycles. The van der Waals surface area contributed by atoms with Gasteiger partial charge in [0.25, 0.3) is 5.56 Å². The van der Waals surface area contributed by atoms with Crippen LogP contribution in [0.5, 0.6) is 5.75 Å². The van der Waals surface area contributed by atoms with Crippen LogP contribution < -0.4 is 10.3 Å². The number of ether oxygens (including phenoxy) is 1. The first-order chi connectivity index (χ1) is 9.60. The number of nitrogens with zero attached hydrogens (tertiary/aromatic N) is 2. The standard InChI is InChI=1S/C13H10BrN3O2S/c1-19-10-4-3-7(5-9(10)14)11-8(6-15)12(18)17-13(16-11)20-2/h3-5H,1-2H3,(H,16,17,18). The van der Waals surface area contributed by atoms with E-state index < -0.39 is 5.56 Å². The molecule has 0 bridgehead atoms. The molecule has 20 heavy (non-hydrogen) atoms. The third-order valence-electron chi connectivity index (χ3n) is 2.63. The number of nitriles is 1. The van der Waals surface area contributed by atoms with E-state index in [0.717, 1.165) is 4.47 Å². The summed E-state index contributed by atoms with van der Waals surface area (Å²) < 4.78 is 5.89. The van der Waals surface area contributed by atoms with Crippen LogP contribution >= 0.6 is 27.7 Å². The Hall–Kier alpha value is -1.78. The Morgan fingerprint density at radius 2 is 2.25 bits per heavy atom. The van der Waals surface area contributed by atoms with Crippen LogP contribution in [0.25, 0.3) is 11.3 Å². The van der Waals surface area contributed by atoms with Crippen molar-refractivity contribution >= 4 is 27.7 Å². The van der Waals surface area contributed by atoms with Crippen molar-refractivity contribution in [2.75, 3.05) is 13.4 Å². The van der Waals surface area contributed by atoms with E-state index in [0.29, 0.717) is 22.2 Å². The molecule has 0 saturated heterocycles. The molecule has 0 fully saturated rings. The number of hydrogen-bond donors (Lipinski definition) is 1. The predicted molar refractivity (Wildman–Crippen MR) is 81.0 cm³/mol. The molecule has 0 atom stereocenters. The van der Waals surface area contributed by atoms with Gasteiger partial charge in [0, 0.05) is 5.56 Å². The molecule has 7 heteroatoms. The van der Waals surface area contributed by atoms with Crippen LogP contribution in [-0.2, 0) is 0 Å². The van der Waals surface area contributed by atoms with Gasteiger partial charge in [0.1, 0.15) is 17.4 Å². The third kappa shape index (κ3) is 2.71. The highest BCUT2D eigenvalue weighted by Crippen LogP contribution is 2.30. The van der Waals surface area contributed by atoms with Crippen molar-refractivity contribution in [2.45, 2.75) is 5.16 Å². The number of aromatic amines is 1. The maximum atomic E-state index is 11.9. The molecule has 0 unspecified atom stereocenters. The number of rotatable bonds is 3. The summed E-state index contributed by atoms with van der Waals surface area (Å²) in [7, 11) is 1.57. The molecule has 0 aliphatic rings. The molecule has 5 nitrogen and oxygen atoms in total. The lowest BCUT2D eigenvalue weighted by atomic mass is 10.1. The van der Waals surface area contributed by atoms with E-state index in [-0.39, 0.29) is 5.56 Å². The van der Waals surface area contributed by atoms with Crippen LogP contribution in [0.2, 0.25) is 0 Å². The normalized spacial score (nSPS) is 10.1. The summed E-state index contributed by atoms with van der Waals surface area (Å²) in [6, 6.07) is 7.18. The molecule has 1 N–H and O–H groups in total. The summed E-state index contributed by atoms with van der Waals surface area (Å²) >= 11 is 4.69. The summed E-state index contributed by atoms with van der Waals surface area (Å²) in [4.78, 5) is 18.7. The van der Waals surface area contributed by atoms with Gasteiger partial charge in [-0.05, 0) is 40.4 Å². The van der Waals surface area contributed by atoms with Crippen molar-refractivity contribution in [1.82, 2.24) is 9.97 Å². The molecule has 2 rings (SSSR count). The molecule has 1 aromatic heterocycles. The minimum atomic E-state index is -0.436. The maximum Gasteiger partial charge on any atom is 0.270 e. The molecule has 2 aromatic rings.